The molecule has 0 aromatic carbocycles. The van der Waals surface area contributed by atoms with Gasteiger partial charge in [0.05, 0.1) is 48.1 Å². The molecule has 64 heavy (non-hydrogen) atoms. The van der Waals surface area contributed by atoms with Crippen molar-refractivity contribution in [3.63, 3.8) is 0 Å². The molecule has 0 bridgehead atoms. The Morgan fingerprint density at radius 1 is 0.797 bits per heavy atom. The molecule has 0 aromatic rings. The van der Waals surface area contributed by atoms with Crippen LogP contribution in [-0.2, 0) is 52.2 Å². The van der Waals surface area contributed by atoms with Gasteiger partial charge in [0, 0.05) is 45.5 Å². The molecule has 0 amide bonds. The molecule has 3 heterocycles. The summed E-state index contributed by atoms with van der Waals surface area (Å²) in [6, 6.07) is 0. The number of Topliss-reactive ketones (excluding diaryl/α,β-unsaturated/α-hetero) is 1. The first kappa shape index (κ1) is 50.0. The Balaban J connectivity index is 0.995. The number of fused-ring (bicyclic) bond motifs is 5. The van der Waals surface area contributed by atoms with Crippen molar-refractivity contribution >= 4 is 11.8 Å². The van der Waals surface area contributed by atoms with Crippen LogP contribution in [0.1, 0.15) is 127 Å². The number of carbonyl (C=O) groups is 2. The van der Waals surface area contributed by atoms with Crippen molar-refractivity contribution in [1.82, 2.24) is 0 Å². The Labute approximate surface area is 378 Å². The van der Waals surface area contributed by atoms with E-state index in [2.05, 4.69) is 6.92 Å². The number of esters is 1. The standard InChI is InChI=1S/C48H76O16/c1-24(2)25(3)18-37(51)62-36-23-35-44(8)14-13-31(19-30(44)12-15-47(35,54)48(55)17-16-46(53,29(7)49)45(36,48)9)61-38-20-32(50)42(27(5)59-38)63-40-22-34(57-11)43(28(6)60-40)64-39-21-33(56-10)41(52)26(4)58-39/h12,18,24,26-28,31-36,38-43,50,52-55H,13-17,19-23H2,1-11H3/b25-18+/t26-,27-,28-,31+,32+,33-,34+,35-,36-,38+,39+,40+,41-,42-,43-,44+,45-,46-,47+,48-/m1/s1. The fourth-order valence-corrected chi connectivity index (χ4v) is 12.7. The van der Waals surface area contributed by atoms with E-state index in [0.717, 1.165) is 11.1 Å². The van der Waals surface area contributed by atoms with Gasteiger partial charge in [-0.15, -0.1) is 0 Å². The maximum Gasteiger partial charge on any atom is 0.330 e. The van der Waals surface area contributed by atoms with Gasteiger partial charge in [-0.3, -0.25) is 4.79 Å². The van der Waals surface area contributed by atoms with E-state index in [9.17, 15) is 35.1 Å². The predicted molar refractivity (Wildman–Crippen MR) is 229 cm³/mol. The number of hydrogen-bond acceptors (Lipinski definition) is 16. The lowest BCUT2D eigenvalue weighted by Crippen LogP contribution is -2.78. The van der Waals surface area contributed by atoms with E-state index >= 15 is 0 Å². The van der Waals surface area contributed by atoms with E-state index in [-0.39, 0.29) is 44.1 Å². The van der Waals surface area contributed by atoms with Gasteiger partial charge >= 0.3 is 5.97 Å². The van der Waals surface area contributed by atoms with Crippen LogP contribution in [0.4, 0.5) is 0 Å². The fraction of sp³-hybridized carbons (Fsp3) is 0.875. The van der Waals surface area contributed by atoms with Crippen molar-refractivity contribution in [2.24, 2.45) is 22.7 Å². The van der Waals surface area contributed by atoms with Crippen molar-refractivity contribution in [1.29, 1.82) is 0 Å². The van der Waals surface area contributed by atoms with Gasteiger partial charge in [0.15, 0.2) is 24.7 Å². The third-order valence-electron chi connectivity index (χ3n) is 17.1. The van der Waals surface area contributed by atoms with Crippen LogP contribution in [-0.4, -0.2) is 154 Å². The molecule has 16 nitrogen and oxygen atoms in total. The van der Waals surface area contributed by atoms with Crippen LogP contribution >= 0.6 is 0 Å². The zero-order chi connectivity index (χ0) is 46.9. The largest absolute Gasteiger partial charge is 0.458 e. The molecule has 0 unspecified atom stereocenters. The highest BCUT2D eigenvalue weighted by atomic mass is 16.7. The van der Waals surface area contributed by atoms with Gasteiger partial charge < -0.3 is 68.2 Å². The van der Waals surface area contributed by atoms with Crippen molar-refractivity contribution in [2.45, 2.75) is 229 Å². The summed E-state index contributed by atoms with van der Waals surface area (Å²) in [5.74, 6) is -1.63. The molecule has 6 fully saturated rings. The minimum absolute atomic E-state index is 0.0398. The topological polar surface area (TPSA) is 218 Å². The van der Waals surface area contributed by atoms with E-state index in [4.69, 9.17) is 42.6 Å². The van der Waals surface area contributed by atoms with Gasteiger partial charge in [-0.05, 0) is 97.8 Å². The van der Waals surface area contributed by atoms with Gasteiger partial charge in [-0.2, -0.15) is 0 Å². The molecule has 7 aliphatic rings. The molecule has 4 aliphatic carbocycles. The highest BCUT2D eigenvalue weighted by Crippen LogP contribution is 2.71. The lowest BCUT2D eigenvalue weighted by molar-refractivity contribution is -0.337. The molecule has 3 aliphatic heterocycles. The SMILES string of the molecule is CO[C@H]1C[C@H](O[C@H]2[C@@H](O)C[C@H](O[C@H]3CC[C@@]4(C)C(=CC[C@]5(O)[C@@H]4C[C@@H](OC(=O)/C=C(\C)C(C)C)[C@@]4(C)[C@]5(O)CC[C@@]4(O)C(C)=O)C3)O[C@@H]2C)O[C@H](C)[C@H]1O[C@H]1C[C@@H](OC)[C@H](O)[C@@H](C)O1. The second-order valence-electron chi connectivity index (χ2n) is 20.8. The molecule has 0 radical (unpaired) electrons. The first-order chi connectivity index (χ1) is 30.0. The molecular formula is C48H76O16. The molecule has 7 rings (SSSR count). The van der Waals surface area contributed by atoms with Gasteiger partial charge in [-0.25, -0.2) is 4.79 Å². The first-order valence-electron chi connectivity index (χ1n) is 23.6. The third-order valence-corrected chi connectivity index (χ3v) is 17.1. The zero-order valence-electron chi connectivity index (χ0n) is 39.7. The minimum Gasteiger partial charge on any atom is -0.458 e. The highest BCUT2D eigenvalue weighted by Gasteiger charge is 2.81. The molecule has 0 spiro atoms. The number of methoxy groups -OCH3 is 2. The lowest BCUT2D eigenvalue weighted by atomic mass is 9.42. The fourth-order valence-electron chi connectivity index (χ4n) is 12.7. The molecule has 20 atom stereocenters. The molecule has 3 saturated carbocycles. The molecule has 0 aromatic heterocycles. The summed E-state index contributed by atoms with van der Waals surface area (Å²) in [6.07, 6.45) is -2.53. The smallest absolute Gasteiger partial charge is 0.330 e. The molecule has 3 saturated heterocycles. The average Bonchev–Trinajstić information content (AvgIpc) is 3.46. The van der Waals surface area contributed by atoms with Crippen LogP contribution in [0.2, 0.25) is 0 Å². The maximum absolute atomic E-state index is 13.5. The summed E-state index contributed by atoms with van der Waals surface area (Å²) >= 11 is 0. The Morgan fingerprint density at radius 3 is 2.00 bits per heavy atom. The van der Waals surface area contributed by atoms with Crippen LogP contribution in [0.15, 0.2) is 23.3 Å². The van der Waals surface area contributed by atoms with Crippen LogP contribution in [0.25, 0.3) is 0 Å². The van der Waals surface area contributed by atoms with E-state index < -0.39 is 125 Å². The van der Waals surface area contributed by atoms with Crippen LogP contribution < -0.4 is 0 Å². The number of ether oxygens (including phenoxy) is 9. The summed E-state index contributed by atoms with van der Waals surface area (Å²) in [4.78, 5) is 26.7. The summed E-state index contributed by atoms with van der Waals surface area (Å²) < 4.78 is 55.4. The van der Waals surface area contributed by atoms with E-state index in [0.29, 0.717) is 32.1 Å². The number of aliphatic hydroxyl groups excluding tert-OH is 2. The molecule has 16 heteroatoms. The lowest BCUT2D eigenvalue weighted by Gasteiger charge is -2.67. The van der Waals surface area contributed by atoms with Crippen LogP contribution in [0, 0.1) is 22.7 Å². The monoisotopic (exact) mass is 909 g/mol. The second kappa shape index (κ2) is 18.5. The number of aliphatic hydroxyl groups is 5. The van der Waals surface area contributed by atoms with Crippen molar-refractivity contribution in [2.75, 3.05) is 14.2 Å². The summed E-state index contributed by atoms with van der Waals surface area (Å²) in [6.45, 7) is 16.2. The number of ketones is 1. The maximum atomic E-state index is 13.5. The van der Waals surface area contributed by atoms with Gasteiger partial charge in [0.1, 0.15) is 41.2 Å². The van der Waals surface area contributed by atoms with Gasteiger partial charge in [0.2, 0.25) is 0 Å². The van der Waals surface area contributed by atoms with Crippen molar-refractivity contribution in [3.8, 4) is 0 Å². The third kappa shape index (κ3) is 8.40. The number of allylic oxidation sites excluding steroid dienone is 1. The molecule has 5 N–H and O–H groups in total. The summed E-state index contributed by atoms with van der Waals surface area (Å²) in [5.41, 5.74) is -6.15. The Hall–Kier alpha value is -1.90. The highest BCUT2D eigenvalue weighted by molar-refractivity contribution is 5.87. The molecular weight excluding hydrogens is 833 g/mol. The zero-order valence-corrected chi connectivity index (χ0v) is 39.7. The Kier molecular flexibility index (Phi) is 14.5. The normalized spacial score (nSPS) is 49.7. The minimum atomic E-state index is -2.02. The summed E-state index contributed by atoms with van der Waals surface area (Å²) in [7, 11) is 3.15. The van der Waals surface area contributed by atoms with E-state index in [1.165, 1.54) is 13.0 Å². The average molecular weight is 909 g/mol. The summed E-state index contributed by atoms with van der Waals surface area (Å²) in [5, 5.41) is 59.6. The number of rotatable bonds is 12. The number of hydrogen-bond donors (Lipinski definition) is 5. The van der Waals surface area contributed by atoms with E-state index in [1.54, 1.807) is 28.1 Å². The van der Waals surface area contributed by atoms with Gasteiger partial charge in [-0.1, -0.05) is 38.0 Å². The van der Waals surface area contributed by atoms with Crippen LogP contribution in [0.5, 0.6) is 0 Å². The quantitative estimate of drug-likeness (QED) is 0.106. The van der Waals surface area contributed by atoms with Crippen molar-refractivity contribution < 1.29 is 77.8 Å². The van der Waals surface area contributed by atoms with Crippen LogP contribution in [0.3, 0.4) is 0 Å². The predicted octanol–water partition coefficient (Wildman–Crippen LogP) is 3.94. The Morgan fingerprint density at radius 2 is 1.39 bits per heavy atom. The first-order valence-corrected chi connectivity index (χ1v) is 23.6. The number of carbonyl (C=O) groups excluding carboxylic acids is 2. The Bertz CT molecular complexity index is 1760. The van der Waals surface area contributed by atoms with E-state index in [1.807, 2.05) is 40.7 Å². The van der Waals surface area contributed by atoms with Crippen molar-refractivity contribution in [3.05, 3.63) is 23.3 Å². The second-order valence-corrected chi connectivity index (χ2v) is 20.8. The van der Waals surface area contributed by atoms with Gasteiger partial charge in [0.25, 0.3) is 0 Å². The molecule has 364 valence electrons.